The van der Waals surface area contributed by atoms with Crippen LogP contribution in [-0.2, 0) is 0 Å². The van der Waals surface area contributed by atoms with E-state index in [9.17, 15) is 10.1 Å². The quantitative estimate of drug-likeness (QED) is 0.583. The standard InChI is InChI=1S/C7H2BrN2O2S/c8-5-1-4-3-9-13-7(4)6(2-5)10(11)12/h1-2H. The van der Waals surface area contributed by atoms with Gasteiger partial charge in [0, 0.05) is 15.9 Å². The number of benzene rings is 1. The lowest BCUT2D eigenvalue weighted by Gasteiger charge is -1.93. The van der Waals surface area contributed by atoms with Gasteiger partial charge in [-0.15, -0.1) is 0 Å². The summed E-state index contributed by atoms with van der Waals surface area (Å²) < 4.78 is 5.01. The summed E-state index contributed by atoms with van der Waals surface area (Å²) in [6, 6.07) is 3.22. The number of halogens is 1. The minimum atomic E-state index is -0.418. The van der Waals surface area contributed by atoms with E-state index in [1.54, 1.807) is 6.07 Å². The molecule has 6 heteroatoms. The Bertz CT molecular complexity index is 482. The Kier molecular flexibility index (Phi) is 2.01. The number of non-ortho nitro benzene ring substituents is 1. The Labute approximate surface area is 85.6 Å². The van der Waals surface area contributed by atoms with E-state index < -0.39 is 4.92 Å². The van der Waals surface area contributed by atoms with Crippen LogP contribution in [0, 0.1) is 16.3 Å². The van der Waals surface area contributed by atoms with Crippen molar-refractivity contribution in [2.24, 2.45) is 0 Å². The lowest BCUT2D eigenvalue weighted by molar-refractivity contribution is -0.382. The number of aromatic nitrogens is 1. The zero-order chi connectivity index (χ0) is 9.42. The molecule has 0 amide bonds. The fraction of sp³-hybridized carbons (Fsp3) is 0. The Hall–Kier alpha value is -1.01. The maximum absolute atomic E-state index is 10.6. The van der Waals surface area contributed by atoms with Gasteiger partial charge in [0.1, 0.15) is 10.9 Å². The highest BCUT2D eigenvalue weighted by Crippen LogP contribution is 2.31. The Morgan fingerprint density at radius 1 is 1.62 bits per heavy atom. The second-order valence-electron chi connectivity index (χ2n) is 2.35. The first kappa shape index (κ1) is 8.58. The van der Waals surface area contributed by atoms with Gasteiger partial charge >= 0.3 is 0 Å². The molecule has 2 aromatic rings. The number of fused-ring (bicyclic) bond motifs is 1. The van der Waals surface area contributed by atoms with Gasteiger partial charge in [0.05, 0.1) is 4.92 Å². The van der Waals surface area contributed by atoms with Crippen LogP contribution in [0.3, 0.4) is 0 Å². The number of nitro groups is 1. The predicted molar refractivity (Wildman–Crippen MR) is 52.8 cm³/mol. The summed E-state index contributed by atoms with van der Waals surface area (Å²) >= 11 is 4.27. The zero-order valence-electron chi connectivity index (χ0n) is 6.15. The molecule has 0 saturated heterocycles. The SMILES string of the molecule is O=[N+]([O-])c1cc(Br)cc2[c]nsc12. The normalized spacial score (nSPS) is 10.5. The van der Waals surface area contributed by atoms with Gasteiger partial charge in [0.25, 0.3) is 5.69 Å². The van der Waals surface area contributed by atoms with Crippen LogP contribution in [0.1, 0.15) is 0 Å². The molecule has 65 valence electrons. The highest BCUT2D eigenvalue weighted by atomic mass is 79.9. The van der Waals surface area contributed by atoms with Crippen molar-refractivity contribution in [1.29, 1.82) is 0 Å². The van der Waals surface area contributed by atoms with Crippen molar-refractivity contribution in [3.8, 4) is 0 Å². The van der Waals surface area contributed by atoms with Gasteiger partial charge in [-0.1, -0.05) is 15.9 Å². The number of rotatable bonds is 1. The molecule has 0 aliphatic rings. The molecule has 1 radical (unpaired) electrons. The van der Waals surface area contributed by atoms with Crippen LogP contribution in [0.25, 0.3) is 10.1 Å². The summed E-state index contributed by atoms with van der Waals surface area (Å²) in [5.41, 5.74) is 0.0723. The maximum atomic E-state index is 10.6. The van der Waals surface area contributed by atoms with E-state index in [1.807, 2.05) is 0 Å². The molecule has 1 aromatic heterocycles. The van der Waals surface area contributed by atoms with E-state index in [0.717, 1.165) is 11.5 Å². The topological polar surface area (TPSA) is 56.0 Å². The van der Waals surface area contributed by atoms with E-state index in [2.05, 4.69) is 26.5 Å². The highest BCUT2D eigenvalue weighted by molar-refractivity contribution is 9.10. The molecule has 0 bridgehead atoms. The summed E-state index contributed by atoms with van der Waals surface area (Å²) in [7, 11) is 0. The molecule has 0 aliphatic heterocycles. The van der Waals surface area contributed by atoms with Crippen LogP contribution in [0.5, 0.6) is 0 Å². The summed E-state index contributed by atoms with van der Waals surface area (Å²) in [6.45, 7) is 0. The van der Waals surface area contributed by atoms with Gasteiger partial charge in [-0.25, -0.2) is 0 Å². The van der Waals surface area contributed by atoms with Crippen molar-refractivity contribution >= 4 is 43.2 Å². The lowest BCUT2D eigenvalue weighted by atomic mass is 10.2. The van der Waals surface area contributed by atoms with Crippen molar-refractivity contribution in [2.75, 3.05) is 0 Å². The molecule has 13 heavy (non-hydrogen) atoms. The molecule has 0 aliphatic carbocycles. The monoisotopic (exact) mass is 257 g/mol. The molecule has 4 nitrogen and oxygen atoms in total. The van der Waals surface area contributed by atoms with Gasteiger partial charge < -0.3 is 0 Å². The van der Waals surface area contributed by atoms with E-state index in [-0.39, 0.29) is 5.69 Å². The second-order valence-corrected chi connectivity index (χ2v) is 4.04. The molecule has 2 rings (SSSR count). The molecule has 1 heterocycles. The van der Waals surface area contributed by atoms with Gasteiger partial charge in [-0.2, -0.15) is 4.37 Å². The highest BCUT2D eigenvalue weighted by Gasteiger charge is 2.14. The first-order valence-electron chi connectivity index (χ1n) is 3.29. The molecule has 0 fully saturated rings. The van der Waals surface area contributed by atoms with E-state index in [4.69, 9.17) is 0 Å². The van der Waals surface area contributed by atoms with E-state index in [0.29, 0.717) is 14.6 Å². The average molecular weight is 258 g/mol. The molecular weight excluding hydrogens is 256 g/mol. The Morgan fingerprint density at radius 2 is 2.38 bits per heavy atom. The summed E-state index contributed by atoms with van der Waals surface area (Å²) in [4.78, 5) is 10.2. The number of hydrogen-bond donors (Lipinski definition) is 0. The number of nitro benzene ring substituents is 1. The third-order valence-corrected chi connectivity index (χ3v) is 2.79. The lowest BCUT2D eigenvalue weighted by Crippen LogP contribution is -1.87. The van der Waals surface area contributed by atoms with Gasteiger partial charge in [-0.05, 0) is 17.6 Å². The molecule has 1 aromatic carbocycles. The minimum absolute atomic E-state index is 0.0723. The fourth-order valence-corrected chi connectivity index (χ4v) is 2.12. The van der Waals surface area contributed by atoms with Crippen LogP contribution < -0.4 is 0 Å². The first-order valence-corrected chi connectivity index (χ1v) is 4.86. The van der Waals surface area contributed by atoms with Gasteiger partial charge in [0.2, 0.25) is 0 Å². The number of hydrogen-bond acceptors (Lipinski definition) is 4. The molecule has 0 saturated carbocycles. The Morgan fingerprint density at radius 3 is 3.08 bits per heavy atom. The third-order valence-electron chi connectivity index (χ3n) is 1.53. The van der Waals surface area contributed by atoms with Crippen molar-refractivity contribution in [3.05, 3.63) is 32.9 Å². The summed E-state index contributed by atoms with van der Waals surface area (Å²) in [5, 5.41) is 11.3. The van der Waals surface area contributed by atoms with Crippen molar-refractivity contribution < 1.29 is 4.92 Å². The van der Waals surface area contributed by atoms with Crippen molar-refractivity contribution in [2.45, 2.75) is 0 Å². The van der Waals surface area contributed by atoms with Gasteiger partial charge in [-0.3, -0.25) is 10.1 Å². The molecule has 0 unspecified atom stereocenters. The van der Waals surface area contributed by atoms with Crippen molar-refractivity contribution in [3.63, 3.8) is 0 Å². The largest absolute Gasteiger partial charge is 0.289 e. The molecule has 0 spiro atoms. The van der Waals surface area contributed by atoms with Crippen LogP contribution in [-0.4, -0.2) is 9.30 Å². The molecule has 0 atom stereocenters. The van der Waals surface area contributed by atoms with Crippen molar-refractivity contribution in [1.82, 2.24) is 4.37 Å². The zero-order valence-corrected chi connectivity index (χ0v) is 8.55. The van der Waals surface area contributed by atoms with Crippen LogP contribution in [0.15, 0.2) is 16.6 Å². The second kappa shape index (κ2) is 3.04. The summed E-state index contributed by atoms with van der Waals surface area (Å²) in [5.74, 6) is 0. The molecular formula is C7H2BrN2O2S. The average Bonchev–Trinajstić information content (AvgIpc) is 2.49. The van der Waals surface area contributed by atoms with E-state index >= 15 is 0 Å². The fourth-order valence-electron chi connectivity index (χ4n) is 1.01. The van der Waals surface area contributed by atoms with Gasteiger partial charge in [0.15, 0.2) is 0 Å². The van der Waals surface area contributed by atoms with E-state index in [1.165, 1.54) is 6.07 Å². The summed E-state index contributed by atoms with van der Waals surface area (Å²) in [6.07, 6.45) is 2.69. The first-order chi connectivity index (χ1) is 6.18. The third kappa shape index (κ3) is 1.42. The maximum Gasteiger partial charge on any atom is 0.289 e. The van der Waals surface area contributed by atoms with Crippen LogP contribution >= 0.6 is 27.5 Å². The number of nitrogens with zero attached hydrogens (tertiary/aromatic N) is 2. The predicted octanol–water partition coefficient (Wildman–Crippen LogP) is 2.77. The Balaban J connectivity index is 2.84. The minimum Gasteiger partial charge on any atom is -0.258 e. The molecule has 0 N–H and O–H groups in total. The van der Waals surface area contributed by atoms with Crippen LogP contribution in [0.4, 0.5) is 5.69 Å². The smallest absolute Gasteiger partial charge is 0.258 e. The van der Waals surface area contributed by atoms with Crippen LogP contribution in [0.2, 0.25) is 0 Å².